The number of amides is 1. The van der Waals surface area contributed by atoms with Crippen molar-refractivity contribution in [2.75, 3.05) is 13.2 Å². The van der Waals surface area contributed by atoms with Gasteiger partial charge in [-0.1, -0.05) is 6.08 Å². The Hall–Kier alpha value is -1.52. The van der Waals surface area contributed by atoms with Gasteiger partial charge in [-0.05, 0) is 41.0 Å². The van der Waals surface area contributed by atoms with Crippen LogP contribution in [0.4, 0.5) is 4.79 Å². The lowest BCUT2D eigenvalue weighted by atomic mass is 10.2. The molecule has 0 spiro atoms. The minimum absolute atomic E-state index is 0.324. The number of nitrogens with one attached hydrogen (secondary N) is 1. The van der Waals surface area contributed by atoms with Crippen LogP contribution in [-0.4, -0.2) is 30.8 Å². The van der Waals surface area contributed by atoms with E-state index < -0.39 is 11.7 Å². The summed E-state index contributed by atoms with van der Waals surface area (Å²) in [6.07, 6.45) is 1.84. The molecular formula is C13H23NO4. The van der Waals surface area contributed by atoms with E-state index in [1.165, 1.54) is 0 Å². The molecule has 0 saturated carbocycles. The largest absolute Gasteiger partial charge is 0.463 e. The molecule has 0 atom stereocenters. The quantitative estimate of drug-likeness (QED) is 0.466. The van der Waals surface area contributed by atoms with Crippen LogP contribution in [0.3, 0.4) is 0 Å². The molecule has 0 radical (unpaired) electrons. The number of ether oxygens (including phenoxy) is 2. The Labute approximate surface area is 109 Å². The molecule has 18 heavy (non-hydrogen) atoms. The smallest absolute Gasteiger partial charge is 0.407 e. The Bertz CT molecular complexity index is 315. The van der Waals surface area contributed by atoms with Crippen LogP contribution in [0.1, 0.15) is 41.0 Å². The van der Waals surface area contributed by atoms with Crippen LogP contribution >= 0.6 is 0 Å². The van der Waals surface area contributed by atoms with E-state index in [1.807, 2.05) is 0 Å². The molecule has 0 saturated heterocycles. The van der Waals surface area contributed by atoms with E-state index in [2.05, 4.69) is 5.32 Å². The Morgan fingerprint density at radius 3 is 2.39 bits per heavy atom. The summed E-state index contributed by atoms with van der Waals surface area (Å²) in [6.45, 7) is 9.64. The molecule has 0 aliphatic carbocycles. The highest BCUT2D eigenvalue weighted by atomic mass is 16.6. The molecule has 0 aromatic heterocycles. The van der Waals surface area contributed by atoms with Gasteiger partial charge in [0, 0.05) is 12.1 Å². The zero-order chi connectivity index (χ0) is 14.2. The topological polar surface area (TPSA) is 64.6 Å². The van der Waals surface area contributed by atoms with Crippen molar-refractivity contribution in [3.8, 4) is 0 Å². The minimum atomic E-state index is -0.499. The summed E-state index contributed by atoms with van der Waals surface area (Å²) >= 11 is 0. The van der Waals surface area contributed by atoms with Gasteiger partial charge in [-0.2, -0.15) is 0 Å². The molecule has 5 nitrogen and oxygen atoms in total. The molecule has 5 heteroatoms. The van der Waals surface area contributed by atoms with E-state index in [4.69, 9.17) is 9.47 Å². The Kier molecular flexibility index (Phi) is 7.08. The number of hydrogen-bond acceptors (Lipinski definition) is 4. The molecule has 0 aromatic carbocycles. The lowest BCUT2D eigenvalue weighted by Gasteiger charge is -2.19. The molecule has 0 aliphatic rings. The maximum atomic E-state index is 11.3. The van der Waals surface area contributed by atoms with Crippen molar-refractivity contribution in [1.82, 2.24) is 5.32 Å². The van der Waals surface area contributed by atoms with Crippen LogP contribution in [0.5, 0.6) is 0 Å². The van der Waals surface area contributed by atoms with Crippen LogP contribution in [0.2, 0.25) is 0 Å². The zero-order valence-corrected chi connectivity index (χ0v) is 11.8. The van der Waals surface area contributed by atoms with Crippen LogP contribution in [0.15, 0.2) is 11.6 Å². The third-order valence-corrected chi connectivity index (χ3v) is 1.86. The molecular weight excluding hydrogens is 234 g/mol. The maximum Gasteiger partial charge on any atom is 0.407 e. The van der Waals surface area contributed by atoms with E-state index in [1.54, 1.807) is 40.7 Å². The lowest BCUT2D eigenvalue weighted by Crippen LogP contribution is -2.32. The minimum Gasteiger partial charge on any atom is -0.463 e. The highest BCUT2D eigenvalue weighted by Crippen LogP contribution is 2.06. The maximum absolute atomic E-state index is 11.3. The molecule has 0 rings (SSSR count). The Morgan fingerprint density at radius 2 is 1.89 bits per heavy atom. The first-order chi connectivity index (χ1) is 8.26. The average Bonchev–Trinajstić information content (AvgIpc) is 2.21. The molecule has 0 bridgehead atoms. The first-order valence-electron chi connectivity index (χ1n) is 6.07. The van der Waals surface area contributed by atoms with Gasteiger partial charge in [0.1, 0.15) is 5.60 Å². The van der Waals surface area contributed by atoms with E-state index >= 15 is 0 Å². The van der Waals surface area contributed by atoms with E-state index in [-0.39, 0.29) is 5.97 Å². The highest BCUT2D eigenvalue weighted by molar-refractivity contribution is 5.87. The van der Waals surface area contributed by atoms with E-state index in [0.717, 1.165) is 0 Å². The van der Waals surface area contributed by atoms with Gasteiger partial charge in [0.25, 0.3) is 0 Å². The Morgan fingerprint density at radius 1 is 1.28 bits per heavy atom. The molecule has 1 amide bonds. The number of rotatable bonds is 5. The summed E-state index contributed by atoms with van der Waals surface area (Å²) in [7, 11) is 0. The summed E-state index contributed by atoms with van der Waals surface area (Å²) in [6, 6.07) is 0. The van der Waals surface area contributed by atoms with Crippen LogP contribution in [0, 0.1) is 0 Å². The van der Waals surface area contributed by atoms with Crippen molar-refractivity contribution in [2.45, 2.75) is 46.6 Å². The number of hydrogen-bond donors (Lipinski definition) is 1. The molecule has 1 N–H and O–H groups in total. The monoisotopic (exact) mass is 257 g/mol. The van der Waals surface area contributed by atoms with Crippen molar-refractivity contribution >= 4 is 12.1 Å². The van der Waals surface area contributed by atoms with Gasteiger partial charge in [0.15, 0.2) is 0 Å². The number of alkyl carbamates (subject to hydrolysis) is 1. The van der Waals surface area contributed by atoms with Gasteiger partial charge in [-0.25, -0.2) is 9.59 Å². The van der Waals surface area contributed by atoms with E-state index in [9.17, 15) is 9.59 Å². The fraction of sp³-hybridized carbons (Fsp3) is 0.692. The Balaban J connectivity index is 3.89. The second-order valence-electron chi connectivity index (χ2n) is 4.82. The number of esters is 1. The van der Waals surface area contributed by atoms with Crippen molar-refractivity contribution in [3.63, 3.8) is 0 Å². The van der Waals surface area contributed by atoms with Crippen LogP contribution in [-0.2, 0) is 14.3 Å². The van der Waals surface area contributed by atoms with Crippen LogP contribution < -0.4 is 5.32 Å². The fourth-order valence-electron chi connectivity index (χ4n) is 1.11. The third kappa shape index (κ3) is 8.61. The molecule has 0 fully saturated rings. The van der Waals surface area contributed by atoms with Gasteiger partial charge in [0.2, 0.25) is 0 Å². The summed E-state index contributed by atoms with van der Waals surface area (Å²) in [5, 5.41) is 2.61. The van der Waals surface area contributed by atoms with Gasteiger partial charge >= 0.3 is 12.1 Å². The normalized spacial score (nSPS) is 11.9. The summed E-state index contributed by atoms with van der Waals surface area (Å²) < 4.78 is 9.90. The van der Waals surface area contributed by atoms with Crippen molar-refractivity contribution in [3.05, 3.63) is 11.6 Å². The predicted octanol–water partition coefficient (Wildman–Crippen LogP) is 2.41. The summed E-state index contributed by atoms with van der Waals surface area (Å²) in [4.78, 5) is 22.6. The SMILES string of the molecule is CCOC(=O)/C(C)=C\CCNC(=O)OC(C)(C)C. The predicted molar refractivity (Wildman–Crippen MR) is 69.2 cm³/mol. The van der Waals surface area contributed by atoms with Gasteiger partial charge < -0.3 is 14.8 Å². The second-order valence-corrected chi connectivity index (χ2v) is 4.82. The van der Waals surface area contributed by atoms with Gasteiger partial charge in [0.05, 0.1) is 6.61 Å². The van der Waals surface area contributed by atoms with Crippen molar-refractivity contribution in [2.24, 2.45) is 0 Å². The number of carbonyl (C=O) groups is 2. The van der Waals surface area contributed by atoms with Crippen molar-refractivity contribution in [1.29, 1.82) is 0 Å². The summed E-state index contributed by atoms with van der Waals surface area (Å²) in [5.41, 5.74) is 0.0451. The zero-order valence-electron chi connectivity index (χ0n) is 11.8. The third-order valence-electron chi connectivity index (χ3n) is 1.86. The second kappa shape index (κ2) is 7.74. The number of carbonyl (C=O) groups excluding carboxylic acids is 2. The molecule has 0 aromatic rings. The molecule has 104 valence electrons. The highest BCUT2D eigenvalue weighted by Gasteiger charge is 2.15. The lowest BCUT2D eigenvalue weighted by molar-refractivity contribution is -0.138. The standard InChI is InChI=1S/C13H23NO4/c1-6-17-11(15)10(2)8-7-9-14-12(16)18-13(3,4)5/h8H,6-7,9H2,1-5H3,(H,14,16)/b10-8-. The first-order valence-corrected chi connectivity index (χ1v) is 6.07. The average molecular weight is 257 g/mol. The van der Waals surface area contributed by atoms with Crippen molar-refractivity contribution < 1.29 is 19.1 Å². The summed E-state index contributed by atoms with van der Waals surface area (Å²) in [5.74, 6) is -0.324. The van der Waals surface area contributed by atoms with Gasteiger partial charge in [-0.3, -0.25) is 0 Å². The fourth-order valence-corrected chi connectivity index (χ4v) is 1.11. The van der Waals surface area contributed by atoms with Crippen LogP contribution in [0.25, 0.3) is 0 Å². The molecule has 0 aliphatic heterocycles. The van der Waals surface area contributed by atoms with Gasteiger partial charge in [-0.15, -0.1) is 0 Å². The molecule has 0 heterocycles. The first kappa shape index (κ1) is 16.5. The van der Waals surface area contributed by atoms with E-state index in [0.29, 0.717) is 25.1 Å². The molecule has 0 unspecified atom stereocenters.